The van der Waals surface area contributed by atoms with Crippen molar-refractivity contribution in [2.45, 2.75) is 25.8 Å². The third-order valence-electron chi connectivity index (χ3n) is 3.03. The lowest BCUT2D eigenvalue weighted by Crippen LogP contribution is -2.49. The van der Waals surface area contributed by atoms with Crippen LogP contribution in [0.25, 0.3) is 0 Å². The highest BCUT2D eigenvalue weighted by Gasteiger charge is 2.47. The van der Waals surface area contributed by atoms with Crippen molar-refractivity contribution in [3.05, 3.63) is 0 Å². The zero-order chi connectivity index (χ0) is 12.9. The van der Waals surface area contributed by atoms with E-state index < -0.39 is 17.4 Å². The average Bonchev–Trinajstić information content (AvgIpc) is 2.62. The van der Waals surface area contributed by atoms with Gasteiger partial charge in [-0.3, -0.25) is 9.59 Å². The Morgan fingerprint density at radius 2 is 2.29 bits per heavy atom. The van der Waals surface area contributed by atoms with Crippen molar-refractivity contribution < 1.29 is 24.2 Å². The molecule has 0 aliphatic carbocycles. The Balaban J connectivity index is 2.45. The van der Waals surface area contributed by atoms with Gasteiger partial charge >= 0.3 is 5.97 Å². The summed E-state index contributed by atoms with van der Waals surface area (Å²) in [6.07, 6.45) is 0.958. The third kappa shape index (κ3) is 3.41. The quantitative estimate of drug-likeness (QED) is 0.644. The van der Waals surface area contributed by atoms with Crippen LogP contribution in [0.3, 0.4) is 0 Å². The number of carboxylic acids is 1. The molecule has 0 spiro atoms. The van der Waals surface area contributed by atoms with Crippen molar-refractivity contribution in [1.29, 1.82) is 0 Å². The molecule has 1 amide bonds. The number of nitrogens with one attached hydrogen (secondary N) is 1. The van der Waals surface area contributed by atoms with Crippen LogP contribution in [-0.2, 0) is 19.1 Å². The Kier molecular flexibility index (Phi) is 4.89. The summed E-state index contributed by atoms with van der Waals surface area (Å²) in [6, 6.07) is -0.463. The Labute approximate surface area is 100 Å². The fourth-order valence-corrected chi connectivity index (χ4v) is 1.73. The van der Waals surface area contributed by atoms with E-state index in [1.165, 1.54) is 0 Å². The number of aliphatic carboxylic acids is 1. The molecule has 1 saturated heterocycles. The fraction of sp³-hybridized carbons (Fsp3) is 0.818. The molecular weight excluding hydrogens is 226 g/mol. The SMILES string of the molecule is COCCCC(=O)NC1COCC1(C)C(=O)O. The maximum atomic E-state index is 11.6. The van der Waals surface area contributed by atoms with Crippen LogP contribution in [0.4, 0.5) is 0 Å². The predicted octanol–water partition coefficient (Wildman–Crippen LogP) is 0.0189. The van der Waals surface area contributed by atoms with E-state index in [1.807, 2.05) is 0 Å². The van der Waals surface area contributed by atoms with E-state index in [2.05, 4.69) is 5.32 Å². The topological polar surface area (TPSA) is 84.9 Å². The Morgan fingerprint density at radius 3 is 2.88 bits per heavy atom. The molecule has 1 aliphatic heterocycles. The van der Waals surface area contributed by atoms with Crippen molar-refractivity contribution in [3.8, 4) is 0 Å². The zero-order valence-corrected chi connectivity index (χ0v) is 10.2. The minimum atomic E-state index is -1.03. The Hall–Kier alpha value is -1.14. The first-order chi connectivity index (χ1) is 8.00. The minimum Gasteiger partial charge on any atom is -0.481 e. The predicted molar refractivity (Wildman–Crippen MR) is 59.6 cm³/mol. The third-order valence-corrected chi connectivity index (χ3v) is 3.03. The Morgan fingerprint density at radius 1 is 1.59 bits per heavy atom. The molecule has 0 aromatic carbocycles. The number of methoxy groups -OCH3 is 1. The first-order valence-corrected chi connectivity index (χ1v) is 5.60. The number of hydrogen-bond acceptors (Lipinski definition) is 4. The lowest BCUT2D eigenvalue weighted by atomic mass is 9.85. The molecule has 0 radical (unpaired) electrons. The van der Waals surface area contributed by atoms with Crippen LogP contribution in [0.5, 0.6) is 0 Å². The molecule has 0 aromatic heterocycles. The number of rotatable bonds is 6. The summed E-state index contributed by atoms with van der Waals surface area (Å²) in [4.78, 5) is 22.7. The second-order valence-corrected chi connectivity index (χ2v) is 4.45. The monoisotopic (exact) mass is 245 g/mol. The van der Waals surface area contributed by atoms with Gasteiger partial charge in [0.1, 0.15) is 5.41 Å². The van der Waals surface area contributed by atoms with E-state index in [-0.39, 0.29) is 19.1 Å². The van der Waals surface area contributed by atoms with Gasteiger partial charge in [-0.15, -0.1) is 0 Å². The first-order valence-electron chi connectivity index (χ1n) is 5.60. The average molecular weight is 245 g/mol. The number of hydrogen-bond donors (Lipinski definition) is 2. The van der Waals surface area contributed by atoms with E-state index >= 15 is 0 Å². The lowest BCUT2D eigenvalue weighted by Gasteiger charge is -2.25. The molecule has 1 heterocycles. The van der Waals surface area contributed by atoms with Gasteiger partial charge in [0, 0.05) is 20.1 Å². The van der Waals surface area contributed by atoms with Gasteiger partial charge in [-0.25, -0.2) is 0 Å². The number of carbonyl (C=O) groups excluding carboxylic acids is 1. The molecule has 0 saturated carbocycles. The van der Waals surface area contributed by atoms with Crippen molar-refractivity contribution in [2.24, 2.45) is 5.41 Å². The smallest absolute Gasteiger partial charge is 0.313 e. The van der Waals surface area contributed by atoms with E-state index in [0.717, 1.165) is 0 Å². The molecule has 1 rings (SSSR count). The van der Waals surface area contributed by atoms with E-state index in [1.54, 1.807) is 14.0 Å². The van der Waals surface area contributed by atoms with Crippen LogP contribution in [-0.4, -0.2) is 50.0 Å². The standard InChI is InChI=1S/C11H19NO5/c1-11(10(14)15)7-17-6-8(11)12-9(13)4-3-5-16-2/h8H,3-7H2,1-2H3,(H,12,13)(H,14,15). The van der Waals surface area contributed by atoms with Gasteiger partial charge in [-0.2, -0.15) is 0 Å². The number of carboxylic acid groups (broad SMARTS) is 1. The van der Waals surface area contributed by atoms with Gasteiger partial charge in [-0.05, 0) is 13.3 Å². The number of carbonyl (C=O) groups is 2. The van der Waals surface area contributed by atoms with Crippen LogP contribution >= 0.6 is 0 Å². The van der Waals surface area contributed by atoms with Crippen molar-refractivity contribution in [2.75, 3.05) is 26.9 Å². The van der Waals surface area contributed by atoms with E-state index in [9.17, 15) is 9.59 Å². The van der Waals surface area contributed by atoms with Gasteiger partial charge in [0.2, 0.25) is 5.91 Å². The number of amides is 1. The van der Waals surface area contributed by atoms with Crippen molar-refractivity contribution in [3.63, 3.8) is 0 Å². The molecule has 0 bridgehead atoms. The molecular formula is C11H19NO5. The second-order valence-electron chi connectivity index (χ2n) is 4.45. The lowest BCUT2D eigenvalue weighted by molar-refractivity contribution is -0.149. The highest BCUT2D eigenvalue weighted by Crippen LogP contribution is 2.28. The van der Waals surface area contributed by atoms with Crippen LogP contribution in [0.15, 0.2) is 0 Å². The summed E-state index contributed by atoms with van der Waals surface area (Å²) < 4.78 is 9.98. The zero-order valence-electron chi connectivity index (χ0n) is 10.2. The van der Waals surface area contributed by atoms with Crippen LogP contribution in [0, 0.1) is 5.41 Å². The first kappa shape index (κ1) is 13.9. The fourth-order valence-electron chi connectivity index (χ4n) is 1.73. The summed E-state index contributed by atoms with van der Waals surface area (Å²) in [7, 11) is 1.57. The van der Waals surface area contributed by atoms with E-state index in [0.29, 0.717) is 19.4 Å². The number of ether oxygens (including phenoxy) is 2. The highest BCUT2D eigenvalue weighted by atomic mass is 16.5. The van der Waals surface area contributed by atoms with Crippen LogP contribution in [0.2, 0.25) is 0 Å². The molecule has 98 valence electrons. The summed E-state index contributed by atoms with van der Waals surface area (Å²) in [5, 5.41) is 11.8. The molecule has 2 N–H and O–H groups in total. The van der Waals surface area contributed by atoms with Gasteiger partial charge in [0.15, 0.2) is 0 Å². The minimum absolute atomic E-state index is 0.130. The molecule has 17 heavy (non-hydrogen) atoms. The van der Waals surface area contributed by atoms with E-state index in [4.69, 9.17) is 14.6 Å². The van der Waals surface area contributed by atoms with Crippen LogP contribution < -0.4 is 5.32 Å². The Bertz CT molecular complexity index is 294. The second kappa shape index (κ2) is 5.97. The summed E-state index contributed by atoms with van der Waals surface area (Å²) in [5.74, 6) is -1.11. The molecule has 2 unspecified atom stereocenters. The maximum absolute atomic E-state index is 11.6. The van der Waals surface area contributed by atoms with Crippen molar-refractivity contribution in [1.82, 2.24) is 5.32 Å². The van der Waals surface area contributed by atoms with Gasteiger partial charge < -0.3 is 19.9 Å². The largest absolute Gasteiger partial charge is 0.481 e. The molecule has 6 nitrogen and oxygen atoms in total. The van der Waals surface area contributed by atoms with Gasteiger partial charge in [0.05, 0.1) is 19.3 Å². The molecule has 6 heteroatoms. The molecule has 2 atom stereocenters. The normalized spacial score (nSPS) is 28.0. The molecule has 0 aromatic rings. The summed E-state index contributed by atoms with van der Waals surface area (Å²) >= 11 is 0. The van der Waals surface area contributed by atoms with Gasteiger partial charge in [-0.1, -0.05) is 0 Å². The van der Waals surface area contributed by atoms with Gasteiger partial charge in [0.25, 0.3) is 0 Å². The highest BCUT2D eigenvalue weighted by molar-refractivity contribution is 5.80. The summed E-state index contributed by atoms with van der Waals surface area (Å²) in [5.41, 5.74) is -1.03. The molecule has 1 aliphatic rings. The molecule has 1 fully saturated rings. The van der Waals surface area contributed by atoms with Crippen molar-refractivity contribution >= 4 is 11.9 Å². The van der Waals surface area contributed by atoms with Crippen LogP contribution in [0.1, 0.15) is 19.8 Å². The maximum Gasteiger partial charge on any atom is 0.313 e. The summed E-state index contributed by atoms with van der Waals surface area (Å²) in [6.45, 7) is 2.48.